The molecule has 20 heavy (non-hydrogen) atoms. The largest absolute Gasteiger partial charge is 0.368 e. The van der Waals surface area contributed by atoms with Gasteiger partial charge < -0.3 is 10.6 Å². The molecule has 1 aliphatic rings. The number of nitrogens with one attached hydrogen (secondary N) is 1. The first kappa shape index (κ1) is 15.2. The molecule has 1 heterocycles. The number of sulfonamides is 1. The minimum atomic E-state index is -3.43. The lowest BCUT2D eigenvalue weighted by atomic mass is 10.2. The predicted molar refractivity (Wildman–Crippen MR) is 80.4 cm³/mol. The first-order valence-electron chi connectivity index (χ1n) is 6.78. The second kappa shape index (κ2) is 6.53. The number of anilines is 1. The van der Waals surface area contributed by atoms with Crippen molar-refractivity contribution in [3.05, 3.63) is 24.3 Å². The van der Waals surface area contributed by atoms with Gasteiger partial charge in [-0.05, 0) is 19.2 Å². The Hall–Kier alpha value is -1.15. The average Bonchev–Trinajstić information content (AvgIpc) is 2.48. The third kappa shape index (κ3) is 3.29. The summed E-state index contributed by atoms with van der Waals surface area (Å²) in [5.41, 5.74) is 6.33. The molecule has 0 bridgehead atoms. The van der Waals surface area contributed by atoms with Crippen molar-refractivity contribution in [1.29, 1.82) is 0 Å². The van der Waals surface area contributed by atoms with Gasteiger partial charge >= 0.3 is 0 Å². The van der Waals surface area contributed by atoms with Crippen molar-refractivity contribution in [2.45, 2.75) is 4.90 Å². The number of para-hydroxylation sites is 1. The number of hydrogen-bond acceptors (Lipinski definition) is 5. The maximum absolute atomic E-state index is 12.1. The molecule has 3 N–H and O–H groups in total. The Morgan fingerprint density at radius 2 is 1.85 bits per heavy atom. The fraction of sp³-hybridized carbons (Fsp3) is 0.538. The van der Waals surface area contributed by atoms with Gasteiger partial charge in [0.1, 0.15) is 4.90 Å². The zero-order valence-corrected chi connectivity index (χ0v) is 12.6. The van der Waals surface area contributed by atoms with Crippen LogP contribution in [-0.4, -0.2) is 59.6 Å². The van der Waals surface area contributed by atoms with Gasteiger partial charge in [0.2, 0.25) is 10.0 Å². The highest BCUT2D eigenvalue weighted by atomic mass is 32.2. The van der Waals surface area contributed by atoms with E-state index < -0.39 is 10.0 Å². The molecule has 1 aromatic rings. The Morgan fingerprint density at radius 1 is 1.20 bits per heavy atom. The van der Waals surface area contributed by atoms with E-state index in [9.17, 15) is 8.42 Å². The lowest BCUT2D eigenvalue weighted by Crippen LogP contribution is -2.48. The highest BCUT2D eigenvalue weighted by Gasteiger charge is 2.23. The van der Waals surface area contributed by atoms with Gasteiger partial charge in [-0.3, -0.25) is 4.90 Å². The van der Waals surface area contributed by atoms with E-state index in [2.05, 4.69) is 14.5 Å². The monoisotopic (exact) mass is 298 g/mol. The summed E-state index contributed by atoms with van der Waals surface area (Å²) >= 11 is 0. The fourth-order valence-corrected chi connectivity index (χ4v) is 3.40. The Kier molecular flexibility index (Phi) is 4.98. The minimum absolute atomic E-state index is 0.342. The molecule has 0 amide bonds. The lowest BCUT2D eigenvalue weighted by molar-refractivity contribution is 0.264. The highest BCUT2D eigenvalue weighted by molar-refractivity contribution is 7.89. The predicted octanol–water partition coefficient (Wildman–Crippen LogP) is -0.325. The SMILES string of the molecule is CNS(=O)(=O)c1ccccc1N1CCN(CCN)CC1. The summed E-state index contributed by atoms with van der Waals surface area (Å²) in [7, 11) is -1.99. The Balaban J connectivity index is 2.19. The number of benzene rings is 1. The van der Waals surface area contributed by atoms with Gasteiger partial charge in [-0.15, -0.1) is 0 Å². The van der Waals surface area contributed by atoms with E-state index in [-0.39, 0.29) is 0 Å². The first-order chi connectivity index (χ1) is 9.58. The number of hydrogen-bond donors (Lipinski definition) is 2. The zero-order valence-electron chi connectivity index (χ0n) is 11.7. The van der Waals surface area contributed by atoms with Gasteiger partial charge in [0.15, 0.2) is 0 Å². The number of piperazine rings is 1. The van der Waals surface area contributed by atoms with Crippen LogP contribution in [0.1, 0.15) is 0 Å². The summed E-state index contributed by atoms with van der Waals surface area (Å²) in [4.78, 5) is 4.76. The van der Waals surface area contributed by atoms with Crippen LogP contribution >= 0.6 is 0 Å². The van der Waals surface area contributed by atoms with E-state index in [0.717, 1.165) is 38.4 Å². The Morgan fingerprint density at radius 3 is 2.45 bits per heavy atom. The second-order valence-electron chi connectivity index (χ2n) is 4.79. The molecule has 1 aromatic carbocycles. The van der Waals surface area contributed by atoms with E-state index >= 15 is 0 Å². The lowest BCUT2D eigenvalue weighted by Gasteiger charge is -2.36. The van der Waals surface area contributed by atoms with Crippen molar-refractivity contribution in [1.82, 2.24) is 9.62 Å². The summed E-state index contributed by atoms with van der Waals surface area (Å²) < 4.78 is 26.5. The van der Waals surface area contributed by atoms with E-state index in [1.54, 1.807) is 12.1 Å². The third-order valence-electron chi connectivity index (χ3n) is 3.58. The number of nitrogens with two attached hydrogens (primary N) is 1. The van der Waals surface area contributed by atoms with Crippen LogP contribution in [0, 0.1) is 0 Å². The van der Waals surface area contributed by atoms with Gasteiger partial charge in [-0.25, -0.2) is 13.1 Å². The molecule has 0 aromatic heterocycles. The van der Waals surface area contributed by atoms with Crippen LogP contribution in [0.25, 0.3) is 0 Å². The van der Waals surface area contributed by atoms with Gasteiger partial charge in [0.05, 0.1) is 5.69 Å². The molecule has 0 spiro atoms. The molecule has 6 nitrogen and oxygen atoms in total. The van der Waals surface area contributed by atoms with Crippen LogP contribution in [-0.2, 0) is 10.0 Å². The van der Waals surface area contributed by atoms with Gasteiger partial charge in [-0.1, -0.05) is 12.1 Å². The number of rotatable bonds is 5. The van der Waals surface area contributed by atoms with Crippen molar-refractivity contribution < 1.29 is 8.42 Å². The molecule has 0 saturated carbocycles. The maximum atomic E-state index is 12.1. The molecule has 0 aliphatic carbocycles. The molecule has 0 unspecified atom stereocenters. The summed E-state index contributed by atoms with van der Waals surface area (Å²) in [5, 5.41) is 0. The van der Waals surface area contributed by atoms with E-state index in [1.807, 2.05) is 12.1 Å². The zero-order chi connectivity index (χ0) is 14.6. The second-order valence-corrected chi connectivity index (χ2v) is 6.65. The normalized spacial score (nSPS) is 17.4. The smallest absolute Gasteiger partial charge is 0.242 e. The Bertz CT molecular complexity index is 539. The molecule has 0 atom stereocenters. The summed E-state index contributed by atoms with van der Waals surface area (Å²) in [6.45, 7) is 5.00. The van der Waals surface area contributed by atoms with E-state index in [0.29, 0.717) is 11.4 Å². The van der Waals surface area contributed by atoms with Crippen LogP contribution in [0.4, 0.5) is 5.69 Å². The fourth-order valence-electron chi connectivity index (χ4n) is 2.45. The van der Waals surface area contributed by atoms with Gasteiger partial charge in [0, 0.05) is 39.3 Å². The topological polar surface area (TPSA) is 78.7 Å². The standard InChI is InChI=1S/C13H22N4O2S/c1-15-20(18,19)13-5-3-2-4-12(13)17-10-8-16(7-6-14)9-11-17/h2-5,15H,6-11,14H2,1H3. The number of nitrogens with zero attached hydrogens (tertiary/aromatic N) is 2. The van der Waals surface area contributed by atoms with Crippen LogP contribution < -0.4 is 15.4 Å². The van der Waals surface area contributed by atoms with E-state index in [1.165, 1.54) is 7.05 Å². The molecule has 2 rings (SSSR count). The molecule has 1 aliphatic heterocycles. The molecular formula is C13H22N4O2S. The first-order valence-corrected chi connectivity index (χ1v) is 8.27. The quantitative estimate of drug-likeness (QED) is 0.778. The van der Waals surface area contributed by atoms with Crippen molar-refractivity contribution in [3.63, 3.8) is 0 Å². The molecule has 1 saturated heterocycles. The van der Waals surface area contributed by atoms with Crippen molar-refractivity contribution >= 4 is 15.7 Å². The van der Waals surface area contributed by atoms with Gasteiger partial charge in [-0.2, -0.15) is 0 Å². The van der Waals surface area contributed by atoms with Crippen LogP contribution in [0.3, 0.4) is 0 Å². The van der Waals surface area contributed by atoms with E-state index in [4.69, 9.17) is 5.73 Å². The Labute approximate surface area is 120 Å². The van der Waals surface area contributed by atoms with Crippen LogP contribution in [0.5, 0.6) is 0 Å². The molecule has 7 heteroatoms. The minimum Gasteiger partial charge on any atom is -0.368 e. The van der Waals surface area contributed by atoms with Crippen molar-refractivity contribution in [3.8, 4) is 0 Å². The highest BCUT2D eigenvalue weighted by Crippen LogP contribution is 2.25. The molecule has 112 valence electrons. The summed E-state index contributed by atoms with van der Waals surface area (Å²) in [5.74, 6) is 0. The van der Waals surface area contributed by atoms with Crippen molar-refractivity contribution in [2.24, 2.45) is 5.73 Å². The molecule has 1 fully saturated rings. The maximum Gasteiger partial charge on any atom is 0.242 e. The van der Waals surface area contributed by atoms with Crippen LogP contribution in [0.2, 0.25) is 0 Å². The summed E-state index contributed by atoms with van der Waals surface area (Å²) in [6, 6.07) is 7.13. The van der Waals surface area contributed by atoms with Gasteiger partial charge in [0.25, 0.3) is 0 Å². The summed E-state index contributed by atoms with van der Waals surface area (Å²) in [6.07, 6.45) is 0. The third-order valence-corrected chi connectivity index (χ3v) is 5.04. The van der Waals surface area contributed by atoms with Crippen LogP contribution in [0.15, 0.2) is 29.2 Å². The average molecular weight is 298 g/mol. The molecular weight excluding hydrogens is 276 g/mol. The van der Waals surface area contributed by atoms with Crippen molar-refractivity contribution in [2.75, 3.05) is 51.2 Å². The molecule has 0 radical (unpaired) electrons.